The third-order valence-electron chi connectivity index (χ3n) is 6.38. The van der Waals surface area contributed by atoms with E-state index in [1.807, 2.05) is 16.8 Å². The molecule has 3 aromatic rings. The van der Waals surface area contributed by atoms with Crippen molar-refractivity contribution in [3.8, 4) is 5.75 Å². The minimum absolute atomic E-state index is 0.122. The fourth-order valence-corrected chi connectivity index (χ4v) is 4.39. The van der Waals surface area contributed by atoms with Crippen LogP contribution in [0.3, 0.4) is 0 Å². The fourth-order valence-electron chi connectivity index (χ4n) is 4.39. The molecule has 4 rings (SSSR count). The van der Waals surface area contributed by atoms with E-state index in [9.17, 15) is 0 Å². The summed E-state index contributed by atoms with van der Waals surface area (Å²) in [4.78, 5) is 3.67. The van der Waals surface area contributed by atoms with Crippen molar-refractivity contribution in [3.05, 3.63) is 65.5 Å². The Hall–Kier alpha value is -2.93. The number of benzene rings is 2. The summed E-state index contributed by atoms with van der Waals surface area (Å²) in [7, 11) is 5.82. The Labute approximate surface area is 184 Å². The summed E-state index contributed by atoms with van der Waals surface area (Å²) in [5, 5.41) is 12.9. The van der Waals surface area contributed by atoms with E-state index in [4.69, 9.17) is 4.74 Å². The van der Waals surface area contributed by atoms with Crippen LogP contribution in [-0.4, -0.2) is 54.5 Å². The first-order chi connectivity index (χ1) is 15.0. The molecule has 0 amide bonds. The standard InChI is InChI=1S/C24H32N6O/c1-18-13-15-29(16-14-18)23(20-7-9-21(10-8-20)28(2)3)24-25-26-27-30(24)17-19-5-11-22(31-4)12-6-19/h5-12,18,23H,13-17H2,1-4H3/p+1/t23-/m0/s1. The molecule has 0 radical (unpaired) electrons. The van der Waals surface area contributed by atoms with E-state index in [1.54, 1.807) is 12.0 Å². The lowest BCUT2D eigenvalue weighted by atomic mass is 9.95. The lowest BCUT2D eigenvalue weighted by molar-refractivity contribution is -0.932. The topological polar surface area (TPSA) is 60.5 Å². The average Bonchev–Trinajstić information content (AvgIpc) is 3.24. The van der Waals surface area contributed by atoms with Crippen molar-refractivity contribution in [1.29, 1.82) is 0 Å². The first-order valence-corrected chi connectivity index (χ1v) is 11.1. The van der Waals surface area contributed by atoms with Gasteiger partial charge in [0, 0.05) is 25.3 Å². The summed E-state index contributed by atoms with van der Waals surface area (Å²) >= 11 is 0. The van der Waals surface area contributed by atoms with E-state index in [0.29, 0.717) is 6.54 Å². The largest absolute Gasteiger partial charge is 0.497 e. The molecule has 0 aliphatic carbocycles. The van der Waals surface area contributed by atoms with Crippen molar-refractivity contribution in [2.45, 2.75) is 32.4 Å². The Morgan fingerprint density at radius 3 is 2.35 bits per heavy atom. The number of anilines is 1. The maximum atomic E-state index is 5.28. The lowest BCUT2D eigenvalue weighted by Crippen LogP contribution is -3.13. The molecule has 1 aliphatic heterocycles. The van der Waals surface area contributed by atoms with Crippen LogP contribution in [0.15, 0.2) is 48.5 Å². The smallest absolute Gasteiger partial charge is 0.214 e. The van der Waals surface area contributed by atoms with Gasteiger partial charge in [0.1, 0.15) is 5.75 Å². The normalized spacial score (nSPS) is 19.7. The summed E-state index contributed by atoms with van der Waals surface area (Å²) < 4.78 is 7.24. The molecular weight excluding hydrogens is 388 g/mol. The molecular formula is C24H33N6O+. The summed E-state index contributed by atoms with van der Waals surface area (Å²) in [5.41, 5.74) is 3.61. The van der Waals surface area contributed by atoms with Gasteiger partial charge in [0.15, 0.2) is 6.04 Å². The Morgan fingerprint density at radius 1 is 1.06 bits per heavy atom. The number of quaternary nitrogens is 1. The van der Waals surface area contributed by atoms with E-state index in [2.05, 4.69) is 77.8 Å². The Balaban J connectivity index is 1.66. The maximum absolute atomic E-state index is 5.28. The van der Waals surface area contributed by atoms with Gasteiger partial charge in [-0.15, -0.1) is 5.10 Å². The highest BCUT2D eigenvalue weighted by molar-refractivity contribution is 5.46. The van der Waals surface area contributed by atoms with Gasteiger partial charge in [-0.1, -0.05) is 31.2 Å². The summed E-state index contributed by atoms with van der Waals surface area (Å²) in [6.07, 6.45) is 2.48. The molecule has 31 heavy (non-hydrogen) atoms. The highest BCUT2D eigenvalue weighted by atomic mass is 16.5. The van der Waals surface area contributed by atoms with Crippen LogP contribution in [-0.2, 0) is 6.54 Å². The predicted molar refractivity (Wildman–Crippen MR) is 122 cm³/mol. The van der Waals surface area contributed by atoms with Crippen molar-refractivity contribution >= 4 is 5.69 Å². The first kappa shape index (κ1) is 21.3. The molecule has 0 unspecified atom stereocenters. The fraction of sp³-hybridized carbons (Fsp3) is 0.458. The minimum atomic E-state index is 0.122. The van der Waals surface area contributed by atoms with E-state index < -0.39 is 0 Å². The number of tetrazole rings is 1. The van der Waals surface area contributed by atoms with Crippen LogP contribution < -0.4 is 14.5 Å². The number of methoxy groups -OCH3 is 1. The van der Waals surface area contributed by atoms with E-state index in [0.717, 1.165) is 36.1 Å². The minimum Gasteiger partial charge on any atom is -0.497 e. The van der Waals surface area contributed by atoms with Gasteiger partial charge in [0.25, 0.3) is 0 Å². The molecule has 1 aliphatic rings. The van der Waals surface area contributed by atoms with Crippen LogP contribution in [0.2, 0.25) is 0 Å². The van der Waals surface area contributed by atoms with E-state index >= 15 is 0 Å². The molecule has 0 saturated carbocycles. The summed E-state index contributed by atoms with van der Waals surface area (Å²) in [6, 6.07) is 17.1. The van der Waals surface area contributed by atoms with E-state index in [-0.39, 0.29) is 6.04 Å². The number of rotatable bonds is 7. The molecule has 1 aromatic heterocycles. The molecule has 7 heteroatoms. The van der Waals surface area contributed by atoms with Gasteiger partial charge in [-0.3, -0.25) is 0 Å². The molecule has 1 N–H and O–H groups in total. The number of aromatic nitrogens is 4. The van der Waals surface area contributed by atoms with Gasteiger partial charge < -0.3 is 14.5 Å². The summed E-state index contributed by atoms with van der Waals surface area (Å²) in [5.74, 6) is 2.57. The molecule has 7 nitrogen and oxygen atoms in total. The molecule has 1 saturated heterocycles. The van der Waals surface area contributed by atoms with Crippen molar-refractivity contribution < 1.29 is 9.64 Å². The molecule has 2 aromatic carbocycles. The van der Waals surface area contributed by atoms with Crippen molar-refractivity contribution in [2.75, 3.05) is 39.2 Å². The number of hydrogen-bond acceptors (Lipinski definition) is 5. The Bertz CT molecular complexity index is 958. The van der Waals surface area contributed by atoms with Crippen LogP contribution in [0, 0.1) is 5.92 Å². The van der Waals surface area contributed by atoms with Gasteiger partial charge >= 0.3 is 0 Å². The molecule has 0 spiro atoms. The number of piperidine rings is 1. The number of ether oxygens (including phenoxy) is 1. The monoisotopic (exact) mass is 421 g/mol. The molecule has 164 valence electrons. The highest BCUT2D eigenvalue weighted by Crippen LogP contribution is 2.23. The zero-order chi connectivity index (χ0) is 21.8. The lowest BCUT2D eigenvalue weighted by Gasteiger charge is -2.33. The second-order valence-electron chi connectivity index (χ2n) is 8.80. The second kappa shape index (κ2) is 9.47. The van der Waals surface area contributed by atoms with Crippen molar-refractivity contribution in [3.63, 3.8) is 0 Å². The van der Waals surface area contributed by atoms with Crippen LogP contribution >= 0.6 is 0 Å². The quantitative estimate of drug-likeness (QED) is 0.634. The van der Waals surface area contributed by atoms with Crippen LogP contribution in [0.25, 0.3) is 0 Å². The van der Waals surface area contributed by atoms with Crippen LogP contribution in [0.5, 0.6) is 5.75 Å². The Morgan fingerprint density at radius 2 is 1.74 bits per heavy atom. The predicted octanol–water partition coefficient (Wildman–Crippen LogP) is 2.20. The third-order valence-corrected chi connectivity index (χ3v) is 6.38. The van der Waals surface area contributed by atoms with Crippen LogP contribution in [0.1, 0.15) is 42.8 Å². The van der Waals surface area contributed by atoms with Crippen molar-refractivity contribution in [2.24, 2.45) is 5.92 Å². The van der Waals surface area contributed by atoms with Gasteiger partial charge in [-0.05, 0) is 59.0 Å². The number of hydrogen-bond donors (Lipinski definition) is 1. The first-order valence-electron chi connectivity index (χ1n) is 11.1. The number of nitrogens with zero attached hydrogens (tertiary/aromatic N) is 5. The molecule has 2 heterocycles. The third kappa shape index (κ3) is 4.88. The zero-order valence-corrected chi connectivity index (χ0v) is 19.0. The zero-order valence-electron chi connectivity index (χ0n) is 19.0. The van der Waals surface area contributed by atoms with Gasteiger partial charge in [0.05, 0.1) is 26.7 Å². The van der Waals surface area contributed by atoms with Crippen LogP contribution in [0.4, 0.5) is 5.69 Å². The molecule has 1 fully saturated rings. The maximum Gasteiger partial charge on any atom is 0.214 e. The van der Waals surface area contributed by atoms with Gasteiger partial charge in [0.2, 0.25) is 5.82 Å². The average molecular weight is 422 g/mol. The number of nitrogens with one attached hydrogen (secondary N) is 1. The molecule has 0 bridgehead atoms. The number of likely N-dealkylation sites (tertiary alicyclic amines) is 1. The molecule has 1 atom stereocenters. The van der Waals surface area contributed by atoms with Crippen molar-refractivity contribution in [1.82, 2.24) is 20.2 Å². The summed E-state index contributed by atoms with van der Waals surface area (Å²) in [6.45, 7) is 5.26. The Kier molecular flexibility index (Phi) is 6.51. The SMILES string of the molecule is COc1ccc(Cn2nnnc2[C@H](c2ccc(N(C)C)cc2)[NH+]2CCC(C)CC2)cc1. The second-order valence-corrected chi connectivity index (χ2v) is 8.80. The highest BCUT2D eigenvalue weighted by Gasteiger charge is 2.34. The van der Waals surface area contributed by atoms with Gasteiger partial charge in [-0.2, -0.15) is 0 Å². The van der Waals surface area contributed by atoms with Gasteiger partial charge in [-0.25, -0.2) is 4.68 Å². The van der Waals surface area contributed by atoms with E-state index in [1.165, 1.54) is 24.1 Å².